The predicted molar refractivity (Wildman–Crippen MR) is 73.8 cm³/mol. The second-order valence-electron chi connectivity index (χ2n) is 4.68. The van der Waals surface area contributed by atoms with E-state index in [1.54, 1.807) is 18.2 Å². The molecule has 1 fully saturated rings. The highest BCUT2D eigenvalue weighted by Crippen LogP contribution is 2.17. The summed E-state index contributed by atoms with van der Waals surface area (Å²) in [7, 11) is -1.94. The van der Waals surface area contributed by atoms with Crippen molar-refractivity contribution >= 4 is 10.0 Å². The van der Waals surface area contributed by atoms with Crippen LogP contribution in [0.3, 0.4) is 0 Å². The Morgan fingerprint density at radius 2 is 2.26 bits per heavy atom. The van der Waals surface area contributed by atoms with E-state index in [1.807, 2.05) is 0 Å². The van der Waals surface area contributed by atoms with Crippen molar-refractivity contribution in [2.75, 3.05) is 20.2 Å². The summed E-state index contributed by atoms with van der Waals surface area (Å²) in [4.78, 5) is 0.239. The summed E-state index contributed by atoms with van der Waals surface area (Å²) in [5, 5.41) is 3.31. The van der Waals surface area contributed by atoms with Gasteiger partial charge in [0.2, 0.25) is 10.0 Å². The van der Waals surface area contributed by atoms with E-state index in [1.165, 1.54) is 19.6 Å². The Bertz CT molecular complexity index is 510. The van der Waals surface area contributed by atoms with E-state index >= 15 is 0 Å². The Balaban J connectivity index is 2.00. The number of piperidine rings is 1. The Hall–Kier alpha value is -1.11. The number of benzene rings is 1. The minimum absolute atomic E-state index is 0.231. The highest BCUT2D eigenvalue weighted by Gasteiger charge is 2.18. The second kappa shape index (κ2) is 6.36. The van der Waals surface area contributed by atoms with Crippen LogP contribution in [0, 0.1) is 0 Å². The summed E-state index contributed by atoms with van der Waals surface area (Å²) in [6, 6.07) is 6.72. The van der Waals surface area contributed by atoms with Gasteiger partial charge in [0.15, 0.2) is 0 Å². The third-order valence-electron chi connectivity index (χ3n) is 3.28. The smallest absolute Gasteiger partial charge is 0.240 e. The van der Waals surface area contributed by atoms with Crippen molar-refractivity contribution in [1.29, 1.82) is 0 Å². The summed E-state index contributed by atoms with van der Waals surface area (Å²) in [5.74, 6) is 0.540. The fraction of sp³-hybridized carbons (Fsp3) is 0.538. The minimum Gasteiger partial charge on any atom is -0.497 e. The van der Waals surface area contributed by atoms with Gasteiger partial charge in [-0.25, -0.2) is 13.1 Å². The SMILES string of the molecule is COc1cccc(S(=O)(=O)NCC2CCCCN2)c1. The molecule has 6 heteroatoms. The van der Waals surface area contributed by atoms with Gasteiger partial charge in [-0.1, -0.05) is 12.5 Å². The first-order valence-corrected chi connectivity index (χ1v) is 7.97. The van der Waals surface area contributed by atoms with Crippen LogP contribution in [0.25, 0.3) is 0 Å². The molecule has 5 nitrogen and oxygen atoms in total. The van der Waals surface area contributed by atoms with Crippen LogP contribution < -0.4 is 14.8 Å². The zero-order valence-electron chi connectivity index (χ0n) is 11.1. The van der Waals surface area contributed by atoms with Crippen LogP contribution in [0.1, 0.15) is 19.3 Å². The summed E-state index contributed by atoms with van der Waals surface area (Å²) in [6.45, 7) is 1.39. The van der Waals surface area contributed by atoms with Crippen molar-refractivity contribution < 1.29 is 13.2 Å². The molecule has 106 valence electrons. The lowest BCUT2D eigenvalue weighted by Gasteiger charge is -2.23. The van der Waals surface area contributed by atoms with Crippen molar-refractivity contribution in [3.63, 3.8) is 0 Å². The molecule has 0 aliphatic carbocycles. The first kappa shape index (κ1) is 14.3. The zero-order valence-corrected chi connectivity index (χ0v) is 11.9. The molecular weight excluding hydrogens is 264 g/mol. The monoisotopic (exact) mass is 284 g/mol. The van der Waals surface area contributed by atoms with E-state index in [9.17, 15) is 8.42 Å². The maximum atomic E-state index is 12.1. The van der Waals surface area contributed by atoms with E-state index in [0.717, 1.165) is 19.4 Å². The molecule has 1 aliphatic heterocycles. The lowest BCUT2D eigenvalue weighted by Crippen LogP contribution is -2.43. The third kappa shape index (κ3) is 3.92. The van der Waals surface area contributed by atoms with Crippen LogP contribution in [-0.2, 0) is 10.0 Å². The zero-order chi connectivity index (χ0) is 13.7. The van der Waals surface area contributed by atoms with Crippen LogP contribution in [0.4, 0.5) is 0 Å². The quantitative estimate of drug-likeness (QED) is 0.850. The van der Waals surface area contributed by atoms with Crippen LogP contribution >= 0.6 is 0 Å². The molecule has 1 aromatic rings. The number of ether oxygens (including phenoxy) is 1. The Labute approximate surface area is 114 Å². The standard InChI is InChI=1S/C13H20N2O3S/c1-18-12-6-4-7-13(9-12)19(16,17)15-10-11-5-2-3-8-14-11/h4,6-7,9,11,14-15H,2-3,5,8,10H2,1H3. The van der Waals surface area contributed by atoms with E-state index in [-0.39, 0.29) is 10.9 Å². The average Bonchev–Trinajstić information content (AvgIpc) is 2.46. The lowest BCUT2D eigenvalue weighted by atomic mass is 10.1. The largest absolute Gasteiger partial charge is 0.497 e. The number of hydrogen-bond acceptors (Lipinski definition) is 4. The predicted octanol–water partition coefficient (Wildman–Crippen LogP) is 1.12. The summed E-state index contributed by atoms with van der Waals surface area (Å²) in [6.07, 6.45) is 3.33. The molecule has 2 N–H and O–H groups in total. The molecule has 0 aromatic heterocycles. The topological polar surface area (TPSA) is 67.4 Å². The normalized spacial score (nSPS) is 20.2. The van der Waals surface area contributed by atoms with Crippen molar-refractivity contribution in [2.45, 2.75) is 30.2 Å². The van der Waals surface area contributed by atoms with Gasteiger partial charge in [-0.3, -0.25) is 0 Å². The first-order chi connectivity index (χ1) is 9.12. The number of rotatable bonds is 5. The van der Waals surface area contributed by atoms with Crippen molar-refractivity contribution in [2.24, 2.45) is 0 Å². The summed E-state index contributed by atoms with van der Waals surface area (Å²) >= 11 is 0. The van der Waals surface area contributed by atoms with Gasteiger partial charge in [0.25, 0.3) is 0 Å². The molecule has 1 aromatic carbocycles. The van der Waals surface area contributed by atoms with Crippen LogP contribution in [0.15, 0.2) is 29.2 Å². The molecule has 0 amide bonds. The highest BCUT2D eigenvalue weighted by molar-refractivity contribution is 7.89. The fourth-order valence-electron chi connectivity index (χ4n) is 2.16. The van der Waals surface area contributed by atoms with Crippen LogP contribution in [0.5, 0.6) is 5.75 Å². The van der Waals surface area contributed by atoms with Crippen molar-refractivity contribution in [3.05, 3.63) is 24.3 Å². The Morgan fingerprint density at radius 1 is 1.42 bits per heavy atom. The molecule has 0 radical (unpaired) electrons. The fourth-order valence-corrected chi connectivity index (χ4v) is 3.28. The molecular formula is C13H20N2O3S. The van der Waals surface area contributed by atoms with E-state index < -0.39 is 10.0 Å². The van der Waals surface area contributed by atoms with Gasteiger partial charge in [0, 0.05) is 18.7 Å². The number of hydrogen-bond donors (Lipinski definition) is 2. The molecule has 1 unspecified atom stereocenters. The number of nitrogens with one attached hydrogen (secondary N) is 2. The molecule has 0 spiro atoms. The van der Waals surface area contributed by atoms with Crippen LogP contribution in [0.2, 0.25) is 0 Å². The molecule has 1 saturated heterocycles. The highest BCUT2D eigenvalue weighted by atomic mass is 32.2. The molecule has 0 bridgehead atoms. The van der Waals surface area contributed by atoms with E-state index in [4.69, 9.17) is 4.74 Å². The van der Waals surface area contributed by atoms with Gasteiger partial charge in [0.05, 0.1) is 12.0 Å². The average molecular weight is 284 g/mol. The maximum absolute atomic E-state index is 12.1. The third-order valence-corrected chi connectivity index (χ3v) is 4.70. The minimum atomic E-state index is -3.46. The van der Waals surface area contributed by atoms with Crippen molar-refractivity contribution in [1.82, 2.24) is 10.0 Å². The molecule has 1 atom stereocenters. The summed E-state index contributed by atoms with van der Waals surface area (Å²) in [5.41, 5.74) is 0. The summed E-state index contributed by atoms with van der Waals surface area (Å²) < 4.78 is 32.0. The lowest BCUT2D eigenvalue weighted by molar-refractivity contribution is 0.398. The molecule has 1 aliphatic rings. The second-order valence-corrected chi connectivity index (χ2v) is 6.44. The Kier molecular flexibility index (Phi) is 4.79. The first-order valence-electron chi connectivity index (χ1n) is 6.49. The maximum Gasteiger partial charge on any atom is 0.240 e. The van der Waals surface area contributed by atoms with Crippen LogP contribution in [-0.4, -0.2) is 34.7 Å². The van der Waals surface area contributed by atoms with Gasteiger partial charge >= 0.3 is 0 Å². The van der Waals surface area contributed by atoms with E-state index in [0.29, 0.717) is 12.3 Å². The van der Waals surface area contributed by atoms with Gasteiger partial charge in [-0.15, -0.1) is 0 Å². The van der Waals surface area contributed by atoms with E-state index in [2.05, 4.69) is 10.0 Å². The van der Waals surface area contributed by atoms with Gasteiger partial charge < -0.3 is 10.1 Å². The molecule has 1 heterocycles. The van der Waals surface area contributed by atoms with Gasteiger partial charge in [-0.2, -0.15) is 0 Å². The van der Waals surface area contributed by atoms with Gasteiger partial charge in [0.1, 0.15) is 5.75 Å². The molecule has 2 rings (SSSR count). The number of methoxy groups -OCH3 is 1. The molecule has 0 saturated carbocycles. The van der Waals surface area contributed by atoms with Gasteiger partial charge in [-0.05, 0) is 31.5 Å². The van der Waals surface area contributed by atoms with Crippen molar-refractivity contribution in [3.8, 4) is 5.75 Å². The number of sulfonamides is 1. The Morgan fingerprint density at radius 3 is 2.95 bits per heavy atom. The molecule has 19 heavy (non-hydrogen) atoms.